The molecule has 0 aromatic heterocycles. The SMILES string of the molecule is [O]CCCC1(O)CCCCC1. The summed E-state index contributed by atoms with van der Waals surface area (Å²) in [6.07, 6.45) is 6.69. The van der Waals surface area contributed by atoms with Crippen molar-refractivity contribution in [2.45, 2.75) is 50.5 Å². The number of aliphatic hydroxyl groups is 1. The van der Waals surface area contributed by atoms with Crippen LogP contribution in [0.1, 0.15) is 44.9 Å². The average molecular weight is 157 g/mol. The van der Waals surface area contributed by atoms with Gasteiger partial charge in [-0.1, -0.05) is 19.3 Å². The van der Waals surface area contributed by atoms with Gasteiger partial charge in [0, 0.05) is 0 Å². The van der Waals surface area contributed by atoms with E-state index in [4.69, 9.17) is 0 Å². The van der Waals surface area contributed by atoms with Crippen LogP contribution in [0.2, 0.25) is 0 Å². The molecule has 0 aromatic rings. The predicted octanol–water partition coefficient (Wildman–Crippen LogP) is 1.89. The summed E-state index contributed by atoms with van der Waals surface area (Å²) in [6, 6.07) is 0. The highest BCUT2D eigenvalue weighted by Gasteiger charge is 2.27. The molecule has 1 radical (unpaired) electrons. The fraction of sp³-hybridized carbons (Fsp3) is 1.00. The Morgan fingerprint density at radius 1 is 1.18 bits per heavy atom. The minimum absolute atomic E-state index is 0.0394. The van der Waals surface area contributed by atoms with E-state index >= 15 is 0 Å². The Morgan fingerprint density at radius 2 is 1.82 bits per heavy atom. The Hall–Kier alpha value is -0.0800. The zero-order valence-electron chi connectivity index (χ0n) is 7.01. The van der Waals surface area contributed by atoms with E-state index in [-0.39, 0.29) is 6.61 Å². The molecule has 0 heterocycles. The van der Waals surface area contributed by atoms with Crippen LogP contribution in [0, 0.1) is 0 Å². The lowest BCUT2D eigenvalue weighted by atomic mass is 9.82. The predicted molar refractivity (Wildman–Crippen MR) is 42.8 cm³/mol. The lowest BCUT2D eigenvalue weighted by Crippen LogP contribution is -2.31. The summed E-state index contributed by atoms with van der Waals surface area (Å²) in [5.41, 5.74) is -0.470. The van der Waals surface area contributed by atoms with Gasteiger partial charge in [-0.15, -0.1) is 0 Å². The molecule has 1 rings (SSSR count). The summed E-state index contributed by atoms with van der Waals surface area (Å²) in [7, 11) is 0. The third-order valence-corrected chi connectivity index (χ3v) is 2.57. The van der Waals surface area contributed by atoms with Crippen molar-refractivity contribution in [3.8, 4) is 0 Å². The second kappa shape index (κ2) is 4.07. The summed E-state index contributed by atoms with van der Waals surface area (Å²) < 4.78 is 0. The van der Waals surface area contributed by atoms with Gasteiger partial charge >= 0.3 is 0 Å². The summed E-state index contributed by atoms with van der Waals surface area (Å²) >= 11 is 0. The fourth-order valence-electron chi connectivity index (χ4n) is 1.86. The van der Waals surface area contributed by atoms with E-state index in [0.717, 1.165) is 32.1 Å². The molecule has 1 aliphatic rings. The molecular formula is C9H17O2. The third-order valence-electron chi connectivity index (χ3n) is 2.57. The van der Waals surface area contributed by atoms with E-state index in [0.29, 0.717) is 6.42 Å². The van der Waals surface area contributed by atoms with Crippen molar-refractivity contribution in [2.75, 3.05) is 6.61 Å². The van der Waals surface area contributed by atoms with Crippen molar-refractivity contribution in [2.24, 2.45) is 0 Å². The fourth-order valence-corrected chi connectivity index (χ4v) is 1.86. The lowest BCUT2D eigenvalue weighted by molar-refractivity contribution is -0.0111. The first-order valence-corrected chi connectivity index (χ1v) is 4.57. The number of hydrogen-bond donors (Lipinski definition) is 1. The minimum atomic E-state index is -0.470. The first kappa shape index (κ1) is 9.01. The van der Waals surface area contributed by atoms with Gasteiger partial charge in [0.1, 0.15) is 0 Å². The van der Waals surface area contributed by atoms with Gasteiger partial charge in [0.15, 0.2) is 0 Å². The van der Waals surface area contributed by atoms with Crippen molar-refractivity contribution in [3.05, 3.63) is 0 Å². The highest BCUT2D eigenvalue weighted by atomic mass is 16.3. The zero-order valence-corrected chi connectivity index (χ0v) is 7.01. The van der Waals surface area contributed by atoms with Gasteiger partial charge in [0.25, 0.3) is 0 Å². The maximum absolute atomic E-state index is 10.2. The summed E-state index contributed by atoms with van der Waals surface area (Å²) in [5.74, 6) is 0. The molecule has 0 bridgehead atoms. The monoisotopic (exact) mass is 157 g/mol. The van der Waals surface area contributed by atoms with E-state index in [1.165, 1.54) is 6.42 Å². The first-order chi connectivity index (χ1) is 5.27. The highest BCUT2D eigenvalue weighted by Crippen LogP contribution is 2.31. The second-order valence-corrected chi connectivity index (χ2v) is 3.59. The standard InChI is InChI=1S/C9H17O2/c10-8-4-7-9(11)5-2-1-3-6-9/h11H,1-8H2. The third kappa shape index (κ3) is 2.80. The Morgan fingerprint density at radius 3 is 2.36 bits per heavy atom. The van der Waals surface area contributed by atoms with Gasteiger partial charge in [-0.3, -0.25) is 0 Å². The van der Waals surface area contributed by atoms with Crippen LogP contribution in [-0.2, 0) is 5.11 Å². The van der Waals surface area contributed by atoms with Crippen molar-refractivity contribution in [1.82, 2.24) is 0 Å². The van der Waals surface area contributed by atoms with Crippen LogP contribution < -0.4 is 0 Å². The van der Waals surface area contributed by atoms with Gasteiger partial charge in [-0.25, -0.2) is 5.11 Å². The maximum Gasteiger partial charge on any atom is 0.0823 e. The van der Waals surface area contributed by atoms with E-state index in [1.807, 2.05) is 0 Å². The molecule has 1 N–H and O–H groups in total. The quantitative estimate of drug-likeness (QED) is 0.667. The topological polar surface area (TPSA) is 40.1 Å². The molecule has 1 fully saturated rings. The molecule has 0 aliphatic heterocycles. The molecular weight excluding hydrogens is 140 g/mol. The molecule has 0 saturated heterocycles. The Bertz CT molecular complexity index is 106. The van der Waals surface area contributed by atoms with Gasteiger partial charge in [0.2, 0.25) is 0 Å². The molecule has 2 nitrogen and oxygen atoms in total. The molecule has 65 valence electrons. The molecule has 0 aromatic carbocycles. The van der Waals surface area contributed by atoms with Crippen molar-refractivity contribution in [3.63, 3.8) is 0 Å². The van der Waals surface area contributed by atoms with Crippen molar-refractivity contribution >= 4 is 0 Å². The molecule has 0 atom stereocenters. The van der Waals surface area contributed by atoms with Crippen LogP contribution in [-0.4, -0.2) is 17.3 Å². The first-order valence-electron chi connectivity index (χ1n) is 4.57. The van der Waals surface area contributed by atoms with Crippen LogP contribution in [0.5, 0.6) is 0 Å². The Labute approximate surface area is 68.2 Å². The number of rotatable bonds is 3. The van der Waals surface area contributed by atoms with E-state index < -0.39 is 5.60 Å². The molecule has 2 heteroatoms. The van der Waals surface area contributed by atoms with E-state index in [2.05, 4.69) is 0 Å². The molecule has 0 amide bonds. The summed E-state index contributed by atoms with van der Waals surface area (Å²) in [6.45, 7) is -0.0394. The van der Waals surface area contributed by atoms with Crippen LogP contribution in [0.3, 0.4) is 0 Å². The number of hydrogen-bond acceptors (Lipinski definition) is 1. The summed E-state index contributed by atoms with van der Waals surface area (Å²) in [5, 5.41) is 20.1. The van der Waals surface area contributed by atoms with Crippen LogP contribution >= 0.6 is 0 Å². The largest absolute Gasteiger partial charge is 0.390 e. The van der Waals surface area contributed by atoms with Crippen LogP contribution in [0.15, 0.2) is 0 Å². The van der Waals surface area contributed by atoms with Gasteiger partial charge in [0.05, 0.1) is 12.2 Å². The molecule has 1 aliphatic carbocycles. The normalized spacial score (nSPS) is 23.5. The van der Waals surface area contributed by atoms with Gasteiger partial charge in [-0.2, -0.15) is 0 Å². The molecule has 0 spiro atoms. The smallest absolute Gasteiger partial charge is 0.0823 e. The van der Waals surface area contributed by atoms with E-state index in [1.54, 1.807) is 0 Å². The van der Waals surface area contributed by atoms with Gasteiger partial charge in [-0.05, 0) is 25.7 Å². The minimum Gasteiger partial charge on any atom is -0.390 e. The van der Waals surface area contributed by atoms with E-state index in [9.17, 15) is 10.2 Å². The Kier molecular flexibility index (Phi) is 3.34. The maximum atomic E-state index is 10.2. The molecule has 1 saturated carbocycles. The molecule has 0 unspecified atom stereocenters. The lowest BCUT2D eigenvalue weighted by Gasteiger charge is -2.31. The Balaban J connectivity index is 2.25. The van der Waals surface area contributed by atoms with Gasteiger partial charge < -0.3 is 5.11 Å². The van der Waals surface area contributed by atoms with Crippen LogP contribution in [0.4, 0.5) is 0 Å². The zero-order chi connectivity index (χ0) is 8.16. The second-order valence-electron chi connectivity index (χ2n) is 3.59. The molecule has 11 heavy (non-hydrogen) atoms. The summed E-state index contributed by atoms with van der Waals surface area (Å²) in [4.78, 5) is 0. The average Bonchev–Trinajstić information content (AvgIpc) is 2.03. The van der Waals surface area contributed by atoms with Crippen molar-refractivity contribution < 1.29 is 10.2 Å². The van der Waals surface area contributed by atoms with Crippen molar-refractivity contribution in [1.29, 1.82) is 0 Å². The van der Waals surface area contributed by atoms with Crippen LogP contribution in [0.25, 0.3) is 0 Å². The highest BCUT2D eigenvalue weighted by molar-refractivity contribution is 4.81.